The summed E-state index contributed by atoms with van der Waals surface area (Å²) in [5.74, 6) is 0. The molecule has 0 N–H and O–H groups in total. The van der Waals surface area contributed by atoms with Crippen LogP contribution in [0.4, 0.5) is 5.69 Å². The van der Waals surface area contributed by atoms with E-state index in [0.717, 1.165) is 44.5 Å². The summed E-state index contributed by atoms with van der Waals surface area (Å²) in [6, 6.07) is 7.45. The lowest BCUT2D eigenvalue weighted by Crippen LogP contribution is -2.41. The SMILES string of the molecule is CC1(C)OB(c2ccc3c(c2)CCCCN3C2CCOCC2)OC1(C)C. The zero-order valence-corrected chi connectivity index (χ0v) is 16.7. The van der Waals surface area contributed by atoms with E-state index in [4.69, 9.17) is 14.0 Å². The van der Waals surface area contributed by atoms with Gasteiger partial charge in [0.25, 0.3) is 0 Å². The molecule has 3 aliphatic rings. The molecule has 0 radical (unpaired) electrons. The maximum atomic E-state index is 6.26. The molecule has 0 spiro atoms. The van der Waals surface area contributed by atoms with Crippen LogP contribution in [-0.4, -0.2) is 44.1 Å². The molecule has 1 aromatic rings. The number of hydrogen-bond acceptors (Lipinski definition) is 4. The lowest BCUT2D eigenvalue weighted by atomic mass is 9.77. The van der Waals surface area contributed by atoms with Crippen molar-refractivity contribution in [2.75, 3.05) is 24.7 Å². The molecule has 2 saturated heterocycles. The fourth-order valence-electron chi connectivity index (χ4n) is 4.31. The summed E-state index contributed by atoms with van der Waals surface area (Å²) in [7, 11) is -0.273. The molecule has 0 aliphatic carbocycles. The van der Waals surface area contributed by atoms with E-state index in [1.807, 2.05) is 0 Å². The maximum absolute atomic E-state index is 6.26. The second kappa shape index (κ2) is 6.85. The number of aryl methyl sites for hydroxylation is 1. The van der Waals surface area contributed by atoms with Crippen LogP contribution in [0.2, 0.25) is 0 Å². The summed E-state index contributed by atoms with van der Waals surface area (Å²) in [6.07, 6.45) is 5.93. The van der Waals surface area contributed by atoms with E-state index >= 15 is 0 Å². The standard InChI is InChI=1S/C21H32BNO3/c1-20(2)21(3,4)26-22(25-20)17-8-9-19-16(15-17)7-5-6-12-23(19)18-10-13-24-14-11-18/h8-9,15,18H,5-7,10-14H2,1-4H3. The molecule has 5 heteroatoms. The van der Waals surface area contributed by atoms with Gasteiger partial charge in [-0.15, -0.1) is 0 Å². The molecule has 3 aliphatic heterocycles. The highest BCUT2D eigenvalue weighted by molar-refractivity contribution is 6.62. The number of fused-ring (bicyclic) bond motifs is 1. The molecule has 2 fully saturated rings. The van der Waals surface area contributed by atoms with E-state index in [0.29, 0.717) is 6.04 Å². The Balaban J connectivity index is 1.61. The van der Waals surface area contributed by atoms with Crippen molar-refractivity contribution in [3.63, 3.8) is 0 Å². The first-order valence-corrected chi connectivity index (χ1v) is 10.2. The molecular weight excluding hydrogens is 325 g/mol. The normalized spacial score (nSPS) is 25.8. The van der Waals surface area contributed by atoms with Crippen molar-refractivity contribution in [3.8, 4) is 0 Å². The van der Waals surface area contributed by atoms with Gasteiger partial charge in [-0.25, -0.2) is 0 Å². The van der Waals surface area contributed by atoms with Gasteiger partial charge in [0.1, 0.15) is 0 Å². The Bertz CT molecular complexity index is 639. The third kappa shape index (κ3) is 3.30. The van der Waals surface area contributed by atoms with Crippen LogP contribution < -0.4 is 10.4 Å². The quantitative estimate of drug-likeness (QED) is 0.760. The molecule has 4 nitrogen and oxygen atoms in total. The van der Waals surface area contributed by atoms with E-state index in [1.165, 1.54) is 24.1 Å². The van der Waals surface area contributed by atoms with Gasteiger partial charge < -0.3 is 18.9 Å². The number of nitrogens with zero attached hydrogens (tertiary/aromatic N) is 1. The average molecular weight is 357 g/mol. The topological polar surface area (TPSA) is 30.9 Å². The highest BCUT2D eigenvalue weighted by Crippen LogP contribution is 2.37. The van der Waals surface area contributed by atoms with Crippen molar-refractivity contribution in [1.29, 1.82) is 0 Å². The molecule has 0 saturated carbocycles. The van der Waals surface area contributed by atoms with E-state index in [-0.39, 0.29) is 18.3 Å². The molecule has 0 unspecified atom stereocenters. The van der Waals surface area contributed by atoms with Crippen LogP contribution in [0.5, 0.6) is 0 Å². The van der Waals surface area contributed by atoms with Crippen molar-refractivity contribution < 1.29 is 14.0 Å². The molecule has 26 heavy (non-hydrogen) atoms. The molecule has 4 rings (SSSR count). The van der Waals surface area contributed by atoms with Crippen molar-refractivity contribution in [3.05, 3.63) is 23.8 Å². The summed E-state index contributed by atoms with van der Waals surface area (Å²) in [4.78, 5) is 2.64. The lowest BCUT2D eigenvalue weighted by Gasteiger charge is -2.36. The number of ether oxygens (including phenoxy) is 1. The number of benzene rings is 1. The molecule has 142 valence electrons. The second-order valence-electron chi connectivity index (χ2n) is 8.97. The molecule has 0 bridgehead atoms. The smallest absolute Gasteiger partial charge is 0.399 e. The fraction of sp³-hybridized carbons (Fsp3) is 0.714. The van der Waals surface area contributed by atoms with Crippen molar-refractivity contribution >= 4 is 18.3 Å². The summed E-state index contributed by atoms with van der Waals surface area (Å²) >= 11 is 0. The monoisotopic (exact) mass is 357 g/mol. The largest absolute Gasteiger partial charge is 0.494 e. The molecule has 0 aromatic heterocycles. The van der Waals surface area contributed by atoms with Crippen LogP contribution in [0.15, 0.2) is 18.2 Å². The van der Waals surface area contributed by atoms with Gasteiger partial charge in [-0.2, -0.15) is 0 Å². The Morgan fingerprint density at radius 2 is 1.69 bits per heavy atom. The lowest BCUT2D eigenvalue weighted by molar-refractivity contribution is 0.00578. The van der Waals surface area contributed by atoms with Gasteiger partial charge in [0.2, 0.25) is 0 Å². The molecule has 0 amide bonds. The molecular formula is C21H32BNO3. The predicted molar refractivity (Wildman–Crippen MR) is 106 cm³/mol. The van der Waals surface area contributed by atoms with Gasteiger partial charge in [-0.05, 0) is 76.9 Å². The molecule has 0 atom stereocenters. The van der Waals surface area contributed by atoms with E-state index < -0.39 is 0 Å². The van der Waals surface area contributed by atoms with Crippen molar-refractivity contribution in [2.45, 2.75) is 77.0 Å². The second-order valence-corrected chi connectivity index (χ2v) is 8.97. The Hall–Kier alpha value is -1.04. The summed E-state index contributed by atoms with van der Waals surface area (Å²) in [5.41, 5.74) is 3.42. The van der Waals surface area contributed by atoms with E-state index in [1.54, 1.807) is 0 Å². The first kappa shape index (κ1) is 18.3. The van der Waals surface area contributed by atoms with Crippen molar-refractivity contribution in [1.82, 2.24) is 0 Å². The van der Waals surface area contributed by atoms with Gasteiger partial charge in [0, 0.05) is 31.5 Å². The third-order valence-electron chi connectivity index (χ3n) is 6.67. The Morgan fingerprint density at radius 3 is 2.38 bits per heavy atom. The summed E-state index contributed by atoms with van der Waals surface area (Å²) in [5, 5.41) is 0. The van der Waals surface area contributed by atoms with Crippen LogP contribution >= 0.6 is 0 Å². The zero-order valence-electron chi connectivity index (χ0n) is 16.7. The predicted octanol–water partition coefficient (Wildman–Crippen LogP) is 3.31. The minimum Gasteiger partial charge on any atom is -0.399 e. The van der Waals surface area contributed by atoms with Crippen LogP contribution in [0, 0.1) is 0 Å². The van der Waals surface area contributed by atoms with Gasteiger partial charge in [0.05, 0.1) is 11.2 Å². The Kier molecular flexibility index (Phi) is 4.83. The Morgan fingerprint density at radius 1 is 1.00 bits per heavy atom. The van der Waals surface area contributed by atoms with Crippen LogP contribution in [0.1, 0.15) is 58.9 Å². The third-order valence-corrected chi connectivity index (χ3v) is 6.67. The summed E-state index contributed by atoms with van der Waals surface area (Å²) < 4.78 is 18.1. The highest BCUT2D eigenvalue weighted by Gasteiger charge is 2.51. The van der Waals surface area contributed by atoms with Gasteiger partial charge in [-0.1, -0.05) is 12.1 Å². The van der Waals surface area contributed by atoms with Crippen molar-refractivity contribution in [2.24, 2.45) is 0 Å². The van der Waals surface area contributed by atoms with Crippen LogP contribution in [0.3, 0.4) is 0 Å². The van der Waals surface area contributed by atoms with E-state index in [2.05, 4.69) is 50.8 Å². The molecule has 3 heterocycles. The minimum atomic E-state index is -0.293. The highest BCUT2D eigenvalue weighted by atomic mass is 16.7. The number of hydrogen-bond donors (Lipinski definition) is 0. The maximum Gasteiger partial charge on any atom is 0.494 e. The van der Waals surface area contributed by atoms with Gasteiger partial charge >= 0.3 is 7.12 Å². The zero-order chi connectivity index (χ0) is 18.4. The summed E-state index contributed by atoms with van der Waals surface area (Å²) in [6.45, 7) is 11.4. The average Bonchev–Trinajstić information content (AvgIpc) is 2.76. The first-order chi connectivity index (χ1) is 12.4. The van der Waals surface area contributed by atoms with Crippen LogP contribution in [0.25, 0.3) is 0 Å². The fourth-order valence-corrected chi connectivity index (χ4v) is 4.31. The molecule has 1 aromatic carbocycles. The first-order valence-electron chi connectivity index (χ1n) is 10.2. The van der Waals surface area contributed by atoms with Gasteiger partial charge in [-0.3, -0.25) is 0 Å². The van der Waals surface area contributed by atoms with Crippen LogP contribution in [-0.2, 0) is 20.5 Å². The van der Waals surface area contributed by atoms with Gasteiger partial charge in [0.15, 0.2) is 0 Å². The number of rotatable bonds is 2. The van der Waals surface area contributed by atoms with E-state index in [9.17, 15) is 0 Å². The number of anilines is 1. The Labute approximate surface area is 158 Å². The minimum absolute atomic E-state index is 0.273.